The van der Waals surface area contributed by atoms with Crippen LogP contribution in [-0.4, -0.2) is 24.0 Å². The third kappa shape index (κ3) is 4.04. The van der Waals surface area contributed by atoms with Crippen LogP contribution in [0.3, 0.4) is 0 Å². The second kappa shape index (κ2) is 5.94. The zero-order valence-corrected chi connectivity index (χ0v) is 13.0. The van der Waals surface area contributed by atoms with E-state index in [9.17, 15) is 0 Å². The molecule has 0 aliphatic heterocycles. The van der Waals surface area contributed by atoms with E-state index in [4.69, 9.17) is 5.73 Å². The molecule has 3 rings (SSSR count). The molecule has 2 nitrogen and oxygen atoms in total. The number of halogens is 1. The van der Waals surface area contributed by atoms with Crippen LogP contribution < -0.4 is 5.73 Å². The zero-order valence-electron chi connectivity index (χ0n) is 11.4. The van der Waals surface area contributed by atoms with Gasteiger partial charge in [0.1, 0.15) is 0 Å². The summed E-state index contributed by atoms with van der Waals surface area (Å²) in [4.78, 5) is 2.69. The van der Waals surface area contributed by atoms with Gasteiger partial charge in [0.25, 0.3) is 0 Å². The first-order chi connectivity index (χ1) is 9.22. The summed E-state index contributed by atoms with van der Waals surface area (Å²) in [6.07, 6.45) is 6.76. The highest BCUT2D eigenvalue weighted by molar-refractivity contribution is 9.10. The molecule has 19 heavy (non-hydrogen) atoms. The number of hydrogen-bond acceptors (Lipinski definition) is 2. The van der Waals surface area contributed by atoms with E-state index in [1.165, 1.54) is 37.8 Å². The number of benzene rings is 1. The minimum atomic E-state index is 0.165. The summed E-state index contributed by atoms with van der Waals surface area (Å²) in [5.41, 5.74) is 7.58. The Labute approximate surface area is 124 Å². The molecular formula is C16H23BrN2. The van der Waals surface area contributed by atoms with Crippen LogP contribution in [0, 0.1) is 5.92 Å². The molecule has 2 aliphatic rings. The lowest BCUT2D eigenvalue weighted by molar-refractivity contribution is 0.243. The van der Waals surface area contributed by atoms with Crippen molar-refractivity contribution in [1.29, 1.82) is 0 Å². The van der Waals surface area contributed by atoms with Crippen LogP contribution in [0.5, 0.6) is 0 Å². The van der Waals surface area contributed by atoms with Gasteiger partial charge in [0.2, 0.25) is 0 Å². The Morgan fingerprint density at radius 1 is 1.26 bits per heavy atom. The van der Waals surface area contributed by atoms with Crippen molar-refractivity contribution >= 4 is 15.9 Å². The van der Waals surface area contributed by atoms with Crippen LogP contribution in [0.2, 0.25) is 0 Å². The quantitative estimate of drug-likeness (QED) is 0.829. The molecule has 2 fully saturated rings. The third-order valence-electron chi connectivity index (χ3n) is 4.26. The fraction of sp³-hybridized carbons (Fsp3) is 0.625. The molecule has 1 aromatic rings. The number of rotatable bonds is 7. The first kappa shape index (κ1) is 13.6. The molecule has 2 aliphatic carbocycles. The van der Waals surface area contributed by atoms with Crippen LogP contribution in [0.15, 0.2) is 28.7 Å². The molecular weight excluding hydrogens is 300 g/mol. The molecule has 0 saturated heterocycles. The van der Waals surface area contributed by atoms with Gasteiger partial charge >= 0.3 is 0 Å². The van der Waals surface area contributed by atoms with Crippen molar-refractivity contribution in [1.82, 2.24) is 4.90 Å². The molecule has 2 saturated carbocycles. The predicted octanol–water partition coefficient (Wildman–Crippen LogP) is 3.71. The lowest BCUT2D eigenvalue weighted by Gasteiger charge is -2.23. The van der Waals surface area contributed by atoms with E-state index in [2.05, 4.69) is 45.1 Å². The van der Waals surface area contributed by atoms with E-state index in [-0.39, 0.29) is 6.04 Å². The van der Waals surface area contributed by atoms with E-state index in [0.29, 0.717) is 0 Å². The summed E-state index contributed by atoms with van der Waals surface area (Å²) in [5.74, 6) is 0.989. The molecule has 0 heterocycles. The molecule has 3 heteroatoms. The molecule has 0 bridgehead atoms. The van der Waals surface area contributed by atoms with Gasteiger partial charge < -0.3 is 10.6 Å². The highest BCUT2D eigenvalue weighted by atomic mass is 79.9. The number of nitrogens with zero attached hydrogens (tertiary/aromatic N) is 1. The van der Waals surface area contributed by atoms with Gasteiger partial charge in [0.05, 0.1) is 0 Å². The number of hydrogen-bond donors (Lipinski definition) is 1. The molecule has 0 radical (unpaired) electrons. The van der Waals surface area contributed by atoms with Crippen molar-refractivity contribution in [3.63, 3.8) is 0 Å². The maximum Gasteiger partial charge on any atom is 0.0307 e. The fourth-order valence-corrected chi connectivity index (χ4v) is 3.12. The normalized spacial score (nSPS) is 20.8. The average molecular weight is 323 g/mol. The van der Waals surface area contributed by atoms with Crippen LogP contribution in [0.4, 0.5) is 0 Å². The van der Waals surface area contributed by atoms with Gasteiger partial charge in [-0.3, -0.25) is 0 Å². The summed E-state index contributed by atoms with van der Waals surface area (Å²) in [6, 6.07) is 9.44. The largest absolute Gasteiger partial charge is 0.324 e. The van der Waals surface area contributed by atoms with Crippen molar-refractivity contribution in [3.8, 4) is 0 Å². The molecule has 1 aromatic carbocycles. The van der Waals surface area contributed by atoms with Crippen molar-refractivity contribution in [2.75, 3.05) is 13.1 Å². The lowest BCUT2D eigenvalue weighted by Crippen LogP contribution is -2.31. The highest BCUT2D eigenvalue weighted by Gasteiger charge is 2.33. The summed E-state index contributed by atoms with van der Waals surface area (Å²) in [7, 11) is 0. The van der Waals surface area contributed by atoms with Crippen molar-refractivity contribution in [2.24, 2.45) is 11.7 Å². The molecule has 1 unspecified atom stereocenters. The zero-order chi connectivity index (χ0) is 13.2. The lowest BCUT2D eigenvalue weighted by atomic mass is 10.0. The average Bonchev–Trinajstić information content (AvgIpc) is 3.27. The van der Waals surface area contributed by atoms with Crippen molar-refractivity contribution in [3.05, 3.63) is 34.3 Å². The molecule has 0 amide bonds. The standard InChI is InChI=1S/C16H23BrN2/c17-14-3-1-2-13(10-14)16(18)8-9-19(15-6-7-15)11-12-4-5-12/h1-3,10,12,15-16H,4-9,11,18H2. The fourth-order valence-electron chi connectivity index (χ4n) is 2.70. The maximum atomic E-state index is 6.33. The van der Waals surface area contributed by atoms with Crippen LogP contribution in [0.1, 0.15) is 43.7 Å². The van der Waals surface area contributed by atoms with Gasteiger partial charge in [-0.2, -0.15) is 0 Å². The van der Waals surface area contributed by atoms with Crippen LogP contribution in [-0.2, 0) is 0 Å². The Morgan fingerprint density at radius 3 is 2.68 bits per heavy atom. The minimum absolute atomic E-state index is 0.165. The van der Waals surface area contributed by atoms with Crippen LogP contribution in [0.25, 0.3) is 0 Å². The van der Waals surface area contributed by atoms with Crippen LogP contribution >= 0.6 is 15.9 Å². The van der Waals surface area contributed by atoms with Gasteiger partial charge in [-0.1, -0.05) is 28.1 Å². The number of nitrogens with two attached hydrogens (primary N) is 1. The Balaban J connectivity index is 1.51. The smallest absolute Gasteiger partial charge is 0.0307 e. The van der Waals surface area contributed by atoms with E-state index in [1.807, 2.05) is 0 Å². The summed E-state index contributed by atoms with van der Waals surface area (Å²) in [6.45, 7) is 2.48. The SMILES string of the molecule is NC(CCN(CC1CC1)C1CC1)c1cccc(Br)c1. The molecule has 0 spiro atoms. The van der Waals surface area contributed by atoms with Gasteiger partial charge in [0.15, 0.2) is 0 Å². The maximum absolute atomic E-state index is 6.33. The topological polar surface area (TPSA) is 29.3 Å². The van der Waals surface area contributed by atoms with E-state index in [1.54, 1.807) is 0 Å². The molecule has 1 atom stereocenters. The Morgan fingerprint density at radius 2 is 2.05 bits per heavy atom. The van der Waals surface area contributed by atoms with E-state index < -0.39 is 0 Å². The van der Waals surface area contributed by atoms with E-state index in [0.717, 1.165) is 29.4 Å². The summed E-state index contributed by atoms with van der Waals surface area (Å²) in [5, 5.41) is 0. The Bertz CT molecular complexity index is 427. The second-order valence-electron chi connectivity index (χ2n) is 6.12. The summed E-state index contributed by atoms with van der Waals surface area (Å²) >= 11 is 3.52. The van der Waals surface area contributed by atoms with Gasteiger partial charge in [-0.05, 0) is 55.7 Å². The summed E-state index contributed by atoms with van der Waals surface area (Å²) < 4.78 is 1.12. The monoisotopic (exact) mass is 322 g/mol. The Hall–Kier alpha value is -0.380. The van der Waals surface area contributed by atoms with E-state index >= 15 is 0 Å². The highest BCUT2D eigenvalue weighted by Crippen LogP contribution is 2.35. The predicted molar refractivity (Wildman–Crippen MR) is 83.0 cm³/mol. The molecule has 104 valence electrons. The van der Waals surface area contributed by atoms with Gasteiger partial charge in [0, 0.05) is 29.6 Å². The molecule has 2 N–H and O–H groups in total. The van der Waals surface area contributed by atoms with Crippen molar-refractivity contribution < 1.29 is 0 Å². The first-order valence-corrected chi connectivity index (χ1v) is 8.27. The van der Waals surface area contributed by atoms with Crippen molar-refractivity contribution in [2.45, 2.75) is 44.2 Å². The first-order valence-electron chi connectivity index (χ1n) is 7.47. The third-order valence-corrected chi connectivity index (χ3v) is 4.75. The molecule has 0 aromatic heterocycles. The van der Waals surface area contributed by atoms with Gasteiger partial charge in [-0.15, -0.1) is 0 Å². The minimum Gasteiger partial charge on any atom is -0.324 e. The second-order valence-corrected chi connectivity index (χ2v) is 7.04. The Kier molecular flexibility index (Phi) is 4.25. The van der Waals surface area contributed by atoms with Gasteiger partial charge in [-0.25, -0.2) is 0 Å².